The average Bonchev–Trinajstić information content (AvgIpc) is 2.54. The molecule has 116 valence electrons. The van der Waals surface area contributed by atoms with Gasteiger partial charge in [-0.1, -0.05) is 17.7 Å². The molecule has 0 spiro atoms. The van der Waals surface area contributed by atoms with Gasteiger partial charge in [0.1, 0.15) is 5.75 Å². The number of hydrogen-bond acceptors (Lipinski definition) is 4. The second kappa shape index (κ2) is 6.54. The van der Waals surface area contributed by atoms with Crippen LogP contribution in [-0.4, -0.2) is 17.1 Å². The van der Waals surface area contributed by atoms with Gasteiger partial charge in [-0.2, -0.15) is 0 Å². The van der Waals surface area contributed by atoms with Crippen LogP contribution in [0.2, 0.25) is 5.02 Å². The third kappa shape index (κ3) is 3.70. The van der Waals surface area contributed by atoms with Crippen LogP contribution in [0.5, 0.6) is 5.75 Å². The smallest absolute Gasteiger partial charge is 0.252 e. The van der Waals surface area contributed by atoms with Crippen LogP contribution in [0.25, 0.3) is 11.3 Å². The van der Waals surface area contributed by atoms with E-state index in [1.54, 1.807) is 19.2 Å². The molecule has 0 radical (unpaired) electrons. The first-order valence-corrected chi connectivity index (χ1v) is 7.30. The second-order valence-electron chi connectivity index (χ2n) is 4.84. The zero-order chi connectivity index (χ0) is 16.2. The topological polar surface area (TPSA) is 67.0 Å². The van der Waals surface area contributed by atoms with Crippen molar-refractivity contribution in [3.63, 3.8) is 0 Å². The Kier molecular flexibility index (Phi) is 4.30. The van der Waals surface area contributed by atoms with Crippen molar-refractivity contribution < 1.29 is 4.74 Å². The van der Waals surface area contributed by atoms with Gasteiger partial charge < -0.3 is 10.1 Å². The Hall–Kier alpha value is -2.79. The zero-order valence-corrected chi connectivity index (χ0v) is 13.1. The van der Waals surface area contributed by atoms with E-state index in [0.29, 0.717) is 16.7 Å². The monoisotopic (exact) mass is 327 g/mol. The summed E-state index contributed by atoms with van der Waals surface area (Å²) in [6.45, 7) is 0. The standard InChI is InChI=1S/C17H14ClN3O2/c1-23-14-7-5-11(6-8-14)15-10-16(22)21-17(20-15)19-13-4-2-3-12(18)9-13/h2-10H,1H3,(H2,19,20,21,22). The van der Waals surface area contributed by atoms with Gasteiger partial charge in [0.05, 0.1) is 12.8 Å². The van der Waals surface area contributed by atoms with Crippen LogP contribution < -0.4 is 15.6 Å². The summed E-state index contributed by atoms with van der Waals surface area (Å²) < 4.78 is 5.13. The predicted octanol–water partition coefficient (Wildman–Crippen LogP) is 3.84. The largest absolute Gasteiger partial charge is 0.497 e. The van der Waals surface area contributed by atoms with Crippen LogP contribution in [-0.2, 0) is 0 Å². The van der Waals surface area contributed by atoms with E-state index in [2.05, 4.69) is 15.3 Å². The fourth-order valence-corrected chi connectivity index (χ4v) is 2.32. The summed E-state index contributed by atoms with van der Waals surface area (Å²) >= 11 is 5.95. The Bertz CT molecular complexity index is 876. The van der Waals surface area contributed by atoms with E-state index in [0.717, 1.165) is 17.0 Å². The van der Waals surface area contributed by atoms with Gasteiger partial charge in [0.15, 0.2) is 0 Å². The van der Waals surface area contributed by atoms with Crippen molar-refractivity contribution in [2.75, 3.05) is 12.4 Å². The molecule has 23 heavy (non-hydrogen) atoms. The van der Waals surface area contributed by atoms with Gasteiger partial charge >= 0.3 is 0 Å². The lowest BCUT2D eigenvalue weighted by Crippen LogP contribution is -2.10. The van der Waals surface area contributed by atoms with Gasteiger partial charge in [-0.3, -0.25) is 9.78 Å². The van der Waals surface area contributed by atoms with E-state index in [1.165, 1.54) is 6.07 Å². The average molecular weight is 328 g/mol. The number of ether oxygens (including phenoxy) is 1. The Morgan fingerprint density at radius 1 is 1.13 bits per heavy atom. The number of halogens is 1. The number of nitrogens with one attached hydrogen (secondary N) is 2. The molecule has 0 bridgehead atoms. The molecular weight excluding hydrogens is 314 g/mol. The molecule has 0 aliphatic heterocycles. The summed E-state index contributed by atoms with van der Waals surface area (Å²) in [6.07, 6.45) is 0. The highest BCUT2D eigenvalue weighted by Crippen LogP contribution is 2.22. The maximum absolute atomic E-state index is 11.9. The van der Waals surface area contributed by atoms with Crippen molar-refractivity contribution in [1.29, 1.82) is 0 Å². The van der Waals surface area contributed by atoms with Gasteiger partial charge in [0.2, 0.25) is 5.95 Å². The summed E-state index contributed by atoms with van der Waals surface area (Å²) in [5.41, 5.74) is 1.90. The van der Waals surface area contributed by atoms with Crippen molar-refractivity contribution in [3.8, 4) is 17.0 Å². The molecule has 0 fully saturated rings. The Morgan fingerprint density at radius 3 is 2.61 bits per heavy atom. The molecule has 5 nitrogen and oxygen atoms in total. The van der Waals surface area contributed by atoms with Gasteiger partial charge in [-0.25, -0.2) is 4.98 Å². The second-order valence-corrected chi connectivity index (χ2v) is 5.28. The Balaban J connectivity index is 1.93. The minimum atomic E-state index is -0.240. The Labute approximate surface area is 137 Å². The third-order valence-corrected chi connectivity index (χ3v) is 3.45. The predicted molar refractivity (Wildman–Crippen MR) is 91.6 cm³/mol. The highest BCUT2D eigenvalue weighted by molar-refractivity contribution is 6.30. The fraction of sp³-hybridized carbons (Fsp3) is 0.0588. The first-order valence-electron chi connectivity index (χ1n) is 6.92. The number of rotatable bonds is 4. The molecule has 1 heterocycles. The molecule has 0 unspecified atom stereocenters. The van der Waals surface area contributed by atoms with Gasteiger partial charge in [-0.05, 0) is 42.5 Å². The molecule has 0 aliphatic rings. The molecule has 1 aromatic heterocycles. The molecule has 6 heteroatoms. The lowest BCUT2D eigenvalue weighted by molar-refractivity contribution is 0.415. The maximum atomic E-state index is 11.9. The molecule has 2 N–H and O–H groups in total. The summed E-state index contributed by atoms with van der Waals surface area (Å²) in [4.78, 5) is 19.0. The maximum Gasteiger partial charge on any atom is 0.252 e. The summed E-state index contributed by atoms with van der Waals surface area (Å²) in [7, 11) is 1.60. The van der Waals surface area contributed by atoms with E-state index >= 15 is 0 Å². The van der Waals surface area contributed by atoms with E-state index in [9.17, 15) is 4.79 Å². The normalized spacial score (nSPS) is 10.3. The van der Waals surface area contributed by atoms with Gasteiger partial charge in [0, 0.05) is 22.3 Å². The number of anilines is 2. The molecule has 3 rings (SSSR count). The minimum Gasteiger partial charge on any atom is -0.497 e. The van der Waals surface area contributed by atoms with Gasteiger partial charge in [-0.15, -0.1) is 0 Å². The molecule has 3 aromatic rings. The highest BCUT2D eigenvalue weighted by Gasteiger charge is 2.05. The number of benzene rings is 2. The van der Waals surface area contributed by atoms with Crippen LogP contribution in [0.1, 0.15) is 0 Å². The van der Waals surface area contributed by atoms with Crippen molar-refractivity contribution in [2.45, 2.75) is 0 Å². The van der Waals surface area contributed by atoms with Gasteiger partial charge in [0.25, 0.3) is 5.56 Å². The lowest BCUT2D eigenvalue weighted by Gasteiger charge is -2.08. The highest BCUT2D eigenvalue weighted by atomic mass is 35.5. The molecule has 0 saturated carbocycles. The summed E-state index contributed by atoms with van der Waals surface area (Å²) in [5.74, 6) is 1.10. The van der Waals surface area contributed by atoms with E-state index < -0.39 is 0 Å². The molecular formula is C17H14ClN3O2. The SMILES string of the molecule is COc1ccc(-c2cc(=O)[nH]c(Nc3cccc(Cl)c3)n2)cc1. The lowest BCUT2D eigenvalue weighted by atomic mass is 10.1. The van der Waals surface area contributed by atoms with Crippen molar-refractivity contribution in [2.24, 2.45) is 0 Å². The molecule has 0 atom stereocenters. The van der Waals surface area contributed by atoms with E-state index in [-0.39, 0.29) is 5.56 Å². The number of aromatic nitrogens is 2. The van der Waals surface area contributed by atoms with E-state index in [4.69, 9.17) is 16.3 Å². The van der Waals surface area contributed by atoms with Crippen molar-refractivity contribution in [1.82, 2.24) is 9.97 Å². The molecule has 0 aliphatic carbocycles. The van der Waals surface area contributed by atoms with Crippen LogP contribution >= 0.6 is 11.6 Å². The van der Waals surface area contributed by atoms with Crippen LogP contribution in [0.3, 0.4) is 0 Å². The van der Waals surface area contributed by atoms with E-state index in [1.807, 2.05) is 36.4 Å². The number of aromatic amines is 1. The Morgan fingerprint density at radius 2 is 1.91 bits per heavy atom. The van der Waals surface area contributed by atoms with Crippen LogP contribution in [0.15, 0.2) is 59.4 Å². The first-order chi connectivity index (χ1) is 11.1. The fourth-order valence-electron chi connectivity index (χ4n) is 2.13. The number of nitrogens with zero attached hydrogens (tertiary/aromatic N) is 1. The molecule has 0 amide bonds. The number of hydrogen-bond donors (Lipinski definition) is 2. The van der Waals surface area contributed by atoms with Crippen LogP contribution in [0.4, 0.5) is 11.6 Å². The number of methoxy groups -OCH3 is 1. The van der Waals surface area contributed by atoms with Crippen LogP contribution in [0, 0.1) is 0 Å². The third-order valence-electron chi connectivity index (χ3n) is 3.21. The molecule has 0 saturated heterocycles. The van der Waals surface area contributed by atoms with Crippen molar-refractivity contribution >= 4 is 23.2 Å². The summed E-state index contributed by atoms with van der Waals surface area (Å²) in [5, 5.41) is 3.64. The summed E-state index contributed by atoms with van der Waals surface area (Å²) in [6, 6.07) is 16.0. The minimum absolute atomic E-state index is 0.240. The first kappa shape index (κ1) is 15.1. The zero-order valence-electron chi connectivity index (χ0n) is 12.3. The van der Waals surface area contributed by atoms with Crippen molar-refractivity contribution in [3.05, 3.63) is 70.0 Å². The molecule has 2 aromatic carbocycles. The quantitative estimate of drug-likeness (QED) is 0.764. The number of H-pyrrole nitrogens is 1.